The summed E-state index contributed by atoms with van der Waals surface area (Å²) in [5.41, 5.74) is 0.366. The maximum atomic E-state index is 11.5. The van der Waals surface area contributed by atoms with Crippen molar-refractivity contribution >= 4 is 16.9 Å². The van der Waals surface area contributed by atoms with Crippen LogP contribution >= 0.6 is 0 Å². The summed E-state index contributed by atoms with van der Waals surface area (Å²) >= 11 is 0. The van der Waals surface area contributed by atoms with Crippen LogP contribution in [0.1, 0.15) is 19.4 Å². The SMILES string of the molecule is CC(C)C(NCc1cc(=O)oc2cc(O)ccc12)C(=O)O. The first-order valence-electron chi connectivity index (χ1n) is 6.60. The van der Waals surface area contributed by atoms with Gasteiger partial charge in [0.15, 0.2) is 0 Å². The van der Waals surface area contributed by atoms with Crippen LogP contribution in [0.3, 0.4) is 0 Å². The summed E-state index contributed by atoms with van der Waals surface area (Å²) < 4.78 is 5.03. The minimum absolute atomic E-state index is 0.00125. The summed E-state index contributed by atoms with van der Waals surface area (Å²) in [7, 11) is 0. The van der Waals surface area contributed by atoms with E-state index in [4.69, 9.17) is 9.52 Å². The summed E-state index contributed by atoms with van der Waals surface area (Å²) in [5.74, 6) is -1.02. The molecule has 0 bridgehead atoms. The second kappa shape index (κ2) is 5.97. The minimum Gasteiger partial charge on any atom is -0.508 e. The first-order valence-corrected chi connectivity index (χ1v) is 6.60. The highest BCUT2D eigenvalue weighted by Gasteiger charge is 2.21. The summed E-state index contributed by atoms with van der Waals surface area (Å²) in [4.78, 5) is 22.7. The van der Waals surface area contributed by atoms with Crippen molar-refractivity contribution in [1.82, 2.24) is 5.32 Å². The Labute approximate surface area is 121 Å². The van der Waals surface area contributed by atoms with E-state index in [0.29, 0.717) is 10.9 Å². The van der Waals surface area contributed by atoms with Crippen LogP contribution in [0.2, 0.25) is 0 Å². The van der Waals surface area contributed by atoms with Gasteiger partial charge in [-0.05, 0) is 23.6 Å². The Hall–Kier alpha value is -2.34. The molecule has 112 valence electrons. The van der Waals surface area contributed by atoms with Gasteiger partial charge in [0.1, 0.15) is 17.4 Å². The zero-order chi connectivity index (χ0) is 15.6. The summed E-state index contributed by atoms with van der Waals surface area (Å²) in [6, 6.07) is 5.10. The van der Waals surface area contributed by atoms with Gasteiger partial charge in [0.25, 0.3) is 0 Å². The molecule has 0 saturated carbocycles. The predicted octanol–water partition coefficient (Wildman–Crippen LogP) is 1.70. The molecule has 0 amide bonds. The largest absolute Gasteiger partial charge is 0.508 e. The summed E-state index contributed by atoms with van der Waals surface area (Å²) in [5, 5.41) is 22.2. The van der Waals surface area contributed by atoms with Crippen molar-refractivity contribution in [1.29, 1.82) is 0 Å². The van der Waals surface area contributed by atoms with E-state index in [-0.39, 0.29) is 23.8 Å². The van der Waals surface area contributed by atoms with Crippen LogP contribution in [-0.4, -0.2) is 22.2 Å². The van der Waals surface area contributed by atoms with Crippen molar-refractivity contribution in [3.05, 3.63) is 40.2 Å². The van der Waals surface area contributed by atoms with Crippen molar-refractivity contribution in [3.8, 4) is 5.75 Å². The Kier molecular flexibility index (Phi) is 4.28. The van der Waals surface area contributed by atoms with Gasteiger partial charge in [-0.2, -0.15) is 0 Å². The quantitative estimate of drug-likeness (QED) is 0.725. The zero-order valence-corrected chi connectivity index (χ0v) is 11.8. The van der Waals surface area contributed by atoms with E-state index < -0.39 is 17.6 Å². The second-order valence-electron chi connectivity index (χ2n) is 5.21. The first kappa shape index (κ1) is 15.1. The second-order valence-corrected chi connectivity index (χ2v) is 5.21. The molecular weight excluding hydrogens is 274 g/mol. The smallest absolute Gasteiger partial charge is 0.336 e. The molecule has 0 spiro atoms. The lowest BCUT2D eigenvalue weighted by molar-refractivity contribution is -0.140. The third kappa shape index (κ3) is 3.41. The van der Waals surface area contributed by atoms with E-state index in [0.717, 1.165) is 0 Å². The molecule has 3 N–H and O–H groups in total. The van der Waals surface area contributed by atoms with E-state index in [1.165, 1.54) is 18.2 Å². The van der Waals surface area contributed by atoms with Gasteiger partial charge in [-0.1, -0.05) is 13.8 Å². The number of carboxylic acids is 1. The van der Waals surface area contributed by atoms with Crippen molar-refractivity contribution < 1.29 is 19.4 Å². The third-order valence-electron chi connectivity index (χ3n) is 3.26. The number of hydrogen-bond donors (Lipinski definition) is 3. The van der Waals surface area contributed by atoms with Gasteiger partial charge < -0.3 is 19.9 Å². The van der Waals surface area contributed by atoms with E-state index >= 15 is 0 Å². The van der Waals surface area contributed by atoms with E-state index in [1.807, 2.05) is 0 Å². The van der Waals surface area contributed by atoms with Crippen LogP contribution in [0.5, 0.6) is 5.75 Å². The number of carboxylic acid groups (broad SMARTS) is 1. The molecule has 1 aromatic carbocycles. The van der Waals surface area contributed by atoms with Crippen LogP contribution in [0, 0.1) is 5.92 Å². The number of phenolic OH excluding ortho intramolecular Hbond substituents is 1. The molecule has 0 saturated heterocycles. The van der Waals surface area contributed by atoms with Gasteiger partial charge in [0, 0.05) is 24.1 Å². The van der Waals surface area contributed by atoms with Crippen LogP contribution in [-0.2, 0) is 11.3 Å². The highest BCUT2D eigenvalue weighted by molar-refractivity contribution is 5.81. The number of rotatable bonds is 5. The maximum absolute atomic E-state index is 11.5. The number of aromatic hydroxyl groups is 1. The Morgan fingerprint density at radius 1 is 1.33 bits per heavy atom. The Bertz CT molecular complexity index is 720. The van der Waals surface area contributed by atoms with Gasteiger partial charge in [0.05, 0.1) is 0 Å². The lowest BCUT2D eigenvalue weighted by atomic mass is 10.0. The number of phenols is 1. The fourth-order valence-corrected chi connectivity index (χ4v) is 2.19. The fraction of sp³-hybridized carbons (Fsp3) is 0.333. The molecule has 0 aliphatic heterocycles. The molecule has 0 fully saturated rings. The molecule has 0 aliphatic rings. The Morgan fingerprint density at radius 3 is 2.67 bits per heavy atom. The third-order valence-corrected chi connectivity index (χ3v) is 3.26. The first-order chi connectivity index (χ1) is 9.88. The van der Waals surface area contributed by atoms with Gasteiger partial charge in [-0.3, -0.25) is 4.79 Å². The van der Waals surface area contributed by atoms with Crippen molar-refractivity contribution in [2.75, 3.05) is 0 Å². The van der Waals surface area contributed by atoms with Gasteiger partial charge in [-0.25, -0.2) is 4.79 Å². The molecule has 0 radical (unpaired) electrons. The van der Waals surface area contributed by atoms with Crippen LogP contribution in [0.15, 0.2) is 33.5 Å². The van der Waals surface area contributed by atoms with Crippen molar-refractivity contribution in [2.45, 2.75) is 26.4 Å². The fourth-order valence-electron chi connectivity index (χ4n) is 2.19. The van der Waals surface area contributed by atoms with E-state index in [9.17, 15) is 14.7 Å². The molecule has 1 heterocycles. The van der Waals surface area contributed by atoms with Crippen LogP contribution in [0.4, 0.5) is 0 Å². The average molecular weight is 291 g/mol. The summed E-state index contributed by atoms with van der Waals surface area (Å²) in [6.07, 6.45) is 0. The van der Waals surface area contributed by atoms with Crippen LogP contribution in [0.25, 0.3) is 11.0 Å². The predicted molar refractivity (Wildman–Crippen MR) is 77.3 cm³/mol. The molecule has 21 heavy (non-hydrogen) atoms. The molecule has 2 aromatic rings. The van der Waals surface area contributed by atoms with E-state index in [1.54, 1.807) is 19.9 Å². The van der Waals surface area contributed by atoms with Crippen molar-refractivity contribution in [3.63, 3.8) is 0 Å². The normalized spacial score (nSPS) is 12.7. The highest BCUT2D eigenvalue weighted by atomic mass is 16.4. The van der Waals surface area contributed by atoms with Crippen LogP contribution < -0.4 is 10.9 Å². The van der Waals surface area contributed by atoms with Gasteiger partial charge in [0.2, 0.25) is 0 Å². The Morgan fingerprint density at radius 2 is 2.05 bits per heavy atom. The molecule has 1 aromatic heterocycles. The maximum Gasteiger partial charge on any atom is 0.336 e. The van der Waals surface area contributed by atoms with E-state index in [2.05, 4.69) is 5.32 Å². The number of nitrogens with one attached hydrogen (secondary N) is 1. The van der Waals surface area contributed by atoms with Gasteiger partial charge in [-0.15, -0.1) is 0 Å². The number of aliphatic carboxylic acids is 1. The van der Waals surface area contributed by atoms with Crippen molar-refractivity contribution in [2.24, 2.45) is 5.92 Å². The topological polar surface area (TPSA) is 99.8 Å². The lowest BCUT2D eigenvalue weighted by Gasteiger charge is -2.18. The molecule has 1 atom stereocenters. The average Bonchev–Trinajstić information content (AvgIpc) is 2.36. The molecule has 6 nitrogen and oxygen atoms in total. The lowest BCUT2D eigenvalue weighted by Crippen LogP contribution is -2.40. The minimum atomic E-state index is -0.935. The number of benzene rings is 1. The number of hydrogen-bond acceptors (Lipinski definition) is 5. The zero-order valence-electron chi connectivity index (χ0n) is 11.8. The molecular formula is C15H17NO5. The Balaban J connectivity index is 2.34. The number of fused-ring (bicyclic) bond motifs is 1. The highest BCUT2D eigenvalue weighted by Crippen LogP contribution is 2.21. The molecule has 1 unspecified atom stereocenters. The molecule has 6 heteroatoms. The molecule has 2 rings (SSSR count). The van der Waals surface area contributed by atoms with Gasteiger partial charge >= 0.3 is 11.6 Å². The summed E-state index contributed by atoms with van der Waals surface area (Å²) in [6.45, 7) is 3.84. The standard InChI is InChI=1S/C15H17NO5/c1-8(2)14(15(19)20)16-7-9-5-13(18)21-12-6-10(17)3-4-11(9)12/h3-6,8,14,16-17H,7H2,1-2H3,(H,19,20). The number of carbonyl (C=O) groups is 1. The molecule has 0 aliphatic carbocycles. The monoisotopic (exact) mass is 291 g/mol.